The van der Waals surface area contributed by atoms with Gasteiger partial charge in [-0.25, -0.2) is 0 Å². The molecule has 0 heterocycles. The van der Waals surface area contributed by atoms with Crippen LogP contribution in [0.15, 0.2) is 0 Å². The summed E-state index contributed by atoms with van der Waals surface area (Å²) in [4.78, 5) is 0. The second kappa shape index (κ2) is 3.31. The molecule has 0 aromatic rings. The van der Waals surface area contributed by atoms with Crippen LogP contribution >= 0.6 is 0 Å². The molecule has 0 aliphatic heterocycles. The molecule has 0 amide bonds. The van der Waals surface area contributed by atoms with Crippen molar-refractivity contribution in [3.63, 3.8) is 0 Å². The Kier molecular flexibility index (Phi) is 2.37. The molecule has 0 unspecified atom stereocenters. The van der Waals surface area contributed by atoms with Crippen LogP contribution in [0, 0.1) is 29.1 Å². The average molecular weight is 254 g/mol. The molecular weight excluding hydrogens is 228 g/mol. The minimum atomic E-state index is -1.05. The Bertz CT molecular complexity index is 372. The zero-order chi connectivity index (χ0) is 13.5. The molecule has 3 saturated carbocycles. The first kappa shape index (κ1) is 12.9. The van der Waals surface area contributed by atoms with Crippen LogP contribution in [0.4, 0.5) is 0 Å². The van der Waals surface area contributed by atoms with Crippen molar-refractivity contribution in [1.29, 1.82) is 0 Å². The molecule has 0 saturated heterocycles. The average Bonchev–Trinajstić information content (AvgIpc) is 2.70. The number of aliphatic hydroxyl groups is 3. The van der Waals surface area contributed by atoms with E-state index >= 15 is 0 Å². The van der Waals surface area contributed by atoms with Crippen molar-refractivity contribution in [3.8, 4) is 0 Å². The van der Waals surface area contributed by atoms with Crippen LogP contribution in [0.2, 0.25) is 0 Å². The highest BCUT2D eigenvalue weighted by Gasteiger charge is 2.71. The van der Waals surface area contributed by atoms with Gasteiger partial charge in [0.15, 0.2) is 0 Å². The Morgan fingerprint density at radius 2 is 1.56 bits per heavy atom. The molecule has 3 nitrogen and oxygen atoms in total. The van der Waals surface area contributed by atoms with Gasteiger partial charge in [-0.2, -0.15) is 0 Å². The zero-order valence-corrected chi connectivity index (χ0v) is 11.8. The molecule has 0 aromatic heterocycles. The second-order valence-electron chi connectivity index (χ2n) is 7.96. The first-order valence-electron chi connectivity index (χ1n) is 7.23. The Labute approximate surface area is 109 Å². The van der Waals surface area contributed by atoms with E-state index in [0.717, 1.165) is 12.8 Å². The highest BCUT2D eigenvalue weighted by Crippen LogP contribution is 2.71. The molecule has 3 aliphatic rings. The SMILES string of the molecule is CC1(C)[C@@H]2[C@@H]3[C@H](C[C@@H](O)[C@@]3(C)O)[C@@](C)(O)CC[C@@H]21. The molecule has 3 heteroatoms. The summed E-state index contributed by atoms with van der Waals surface area (Å²) < 4.78 is 0. The number of rotatable bonds is 0. The van der Waals surface area contributed by atoms with Crippen molar-refractivity contribution in [2.75, 3.05) is 0 Å². The molecule has 104 valence electrons. The topological polar surface area (TPSA) is 60.7 Å². The van der Waals surface area contributed by atoms with Crippen molar-refractivity contribution in [1.82, 2.24) is 0 Å². The van der Waals surface area contributed by atoms with Crippen molar-refractivity contribution < 1.29 is 15.3 Å². The summed E-state index contributed by atoms with van der Waals surface area (Å²) in [6.45, 7) is 8.17. The molecule has 0 aromatic carbocycles. The summed E-state index contributed by atoms with van der Waals surface area (Å²) in [7, 11) is 0. The van der Waals surface area contributed by atoms with Crippen LogP contribution in [0.1, 0.15) is 47.0 Å². The highest BCUT2D eigenvalue weighted by molar-refractivity contribution is 5.20. The third kappa shape index (κ3) is 1.41. The smallest absolute Gasteiger partial charge is 0.0912 e. The van der Waals surface area contributed by atoms with Crippen molar-refractivity contribution >= 4 is 0 Å². The molecule has 0 radical (unpaired) electrons. The standard InChI is InChI=1S/C15H26O3/c1-13(2)8-5-6-14(3,17)9-7-10(16)15(4,18)12(9)11(8)13/h8-12,16-18H,5-7H2,1-4H3/t8-,9-,10+,11-,12-,14-,15+/m0/s1. The second-order valence-corrected chi connectivity index (χ2v) is 7.96. The summed E-state index contributed by atoms with van der Waals surface area (Å²) in [5.41, 5.74) is -1.53. The van der Waals surface area contributed by atoms with E-state index < -0.39 is 17.3 Å². The maximum atomic E-state index is 10.7. The van der Waals surface area contributed by atoms with Gasteiger partial charge in [0.25, 0.3) is 0 Å². The molecular formula is C15H26O3. The van der Waals surface area contributed by atoms with Crippen LogP contribution in [0.25, 0.3) is 0 Å². The Morgan fingerprint density at radius 3 is 2.17 bits per heavy atom. The van der Waals surface area contributed by atoms with Gasteiger partial charge in [-0.1, -0.05) is 13.8 Å². The lowest BCUT2D eigenvalue weighted by Crippen LogP contribution is -2.45. The predicted octanol–water partition coefficient (Wildman–Crippen LogP) is 1.55. The fourth-order valence-corrected chi connectivity index (χ4v) is 5.19. The molecule has 3 fully saturated rings. The number of fused-ring (bicyclic) bond motifs is 3. The van der Waals surface area contributed by atoms with E-state index in [1.54, 1.807) is 6.92 Å². The fourth-order valence-electron chi connectivity index (χ4n) is 5.19. The van der Waals surface area contributed by atoms with E-state index in [9.17, 15) is 15.3 Å². The Hall–Kier alpha value is -0.120. The largest absolute Gasteiger partial charge is 0.390 e. The van der Waals surface area contributed by atoms with Gasteiger partial charge in [0, 0.05) is 0 Å². The maximum absolute atomic E-state index is 10.7. The van der Waals surface area contributed by atoms with Crippen LogP contribution in [0.3, 0.4) is 0 Å². The zero-order valence-electron chi connectivity index (χ0n) is 11.8. The monoisotopic (exact) mass is 254 g/mol. The Balaban J connectivity index is 2.02. The van der Waals surface area contributed by atoms with Gasteiger partial charge >= 0.3 is 0 Å². The molecule has 3 rings (SSSR count). The van der Waals surface area contributed by atoms with Gasteiger partial charge in [-0.05, 0) is 62.2 Å². The van der Waals surface area contributed by atoms with Gasteiger partial charge in [-0.3, -0.25) is 0 Å². The summed E-state index contributed by atoms with van der Waals surface area (Å²) in [6.07, 6.45) is 1.67. The Morgan fingerprint density at radius 1 is 0.944 bits per heavy atom. The quantitative estimate of drug-likeness (QED) is 0.614. The minimum absolute atomic E-state index is 0.0271. The minimum Gasteiger partial charge on any atom is -0.390 e. The first-order valence-corrected chi connectivity index (χ1v) is 7.23. The fraction of sp³-hybridized carbons (Fsp3) is 1.00. The first-order chi connectivity index (χ1) is 8.10. The lowest BCUT2D eigenvalue weighted by atomic mass is 9.73. The van der Waals surface area contributed by atoms with E-state index in [-0.39, 0.29) is 17.3 Å². The molecule has 7 atom stereocenters. The molecule has 0 spiro atoms. The number of hydrogen-bond donors (Lipinski definition) is 3. The normalized spacial score (nSPS) is 61.8. The van der Waals surface area contributed by atoms with Crippen LogP contribution in [-0.4, -0.2) is 32.6 Å². The van der Waals surface area contributed by atoms with Crippen molar-refractivity contribution in [3.05, 3.63) is 0 Å². The summed E-state index contributed by atoms with van der Waals surface area (Å²) >= 11 is 0. The van der Waals surface area contributed by atoms with E-state index in [2.05, 4.69) is 13.8 Å². The summed E-state index contributed by atoms with van der Waals surface area (Å²) in [5, 5.41) is 31.5. The van der Waals surface area contributed by atoms with Gasteiger partial charge in [0.2, 0.25) is 0 Å². The van der Waals surface area contributed by atoms with E-state index in [4.69, 9.17) is 0 Å². The molecule has 3 N–H and O–H groups in total. The van der Waals surface area contributed by atoms with Crippen LogP contribution in [0.5, 0.6) is 0 Å². The summed E-state index contributed by atoms with van der Waals surface area (Å²) in [5.74, 6) is 1.10. The van der Waals surface area contributed by atoms with E-state index in [0.29, 0.717) is 18.3 Å². The maximum Gasteiger partial charge on any atom is 0.0912 e. The van der Waals surface area contributed by atoms with Crippen molar-refractivity contribution in [2.45, 2.75) is 64.3 Å². The van der Waals surface area contributed by atoms with Gasteiger partial charge in [-0.15, -0.1) is 0 Å². The van der Waals surface area contributed by atoms with E-state index in [1.807, 2.05) is 6.92 Å². The summed E-state index contributed by atoms with van der Waals surface area (Å²) in [6, 6.07) is 0. The molecule has 0 bridgehead atoms. The van der Waals surface area contributed by atoms with Crippen molar-refractivity contribution in [2.24, 2.45) is 29.1 Å². The lowest BCUT2D eigenvalue weighted by molar-refractivity contribution is -0.0919. The molecule has 18 heavy (non-hydrogen) atoms. The third-order valence-electron chi connectivity index (χ3n) is 6.55. The van der Waals surface area contributed by atoms with Gasteiger partial charge in [0.1, 0.15) is 0 Å². The van der Waals surface area contributed by atoms with E-state index in [1.165, 1.54) is 0 Å². The molecule has 3 aliphatic carbocycles. The van der Waals surface area contributed by atoms with Gasteiger partial charge < -0.3 is 15.3 Å². The van der Waals surface area contributed by atoms with Gasteiger partial charge in [0.05, 0.1) is 17.3 Å². The third-order valence-corrected chi connectivity index (χ3v) is 6.55. The van der Waals surface area contributed by atoms with Crippen LogP contribution in [-0.2, 0) is 0 Å². The number of hydrogen-bond acceptors (Lipinski definition) is 3. The predicted molar refractivity (Wildman–Crippen MR) is 68.8 cm³/mol. The lowest BCUT2D eigenvalue weighted by Gasteiger charge is -2.37. The highest BCUT2D eigenvalue weighted by atomic mass is 16.3. The number of aliphatic hydroxyl groups excluding tert-OH is 1. The van der Waals surface area contributed by atoms with Crippen LogP contribution < -0.4 is 0 Å².